The third kappa shape index (κ3) is 3.51. The van der Waals surface area contributed by atoms with Gasteiger partial charge in [-0.15, -0.1) is 11.3 Å². The van der Waals surface area contributed by atoms with Crippen molar-refractivity contribution in [3.05, 3.63) is 28.3 Å². The van der Waals surface area contributed by atoms with Crippen molar-refractivity contribution in [2.75, 3.05) is 11.9 Å². The SMILES string of the molecule is O=C(O)CCNc1ncc(-c2ccc(Br)s2)cn1. The van der Waals surface area contributed by atoms with Crippen LogP contribution in [0, 0.1) is 0 Å². The Morgan fingerprint density at radius 3 is 2.67 bits per heavy atom. The van der Waals surface area contributed by atoms with Gasteiger partial charge in [0.25, 0.3) is 0 Å². The van der Waals surface area contributed by atoms with Crippen molar-refractivity contribution in [1.82, 2.24) is 9.97 Å². The molecule has 7 heteroatoms. The highest BCUT2D eigenvalue weighted by Crippen LogP contribution is 2.30. The van der Waals surface area contributed by atoms with E-state index in [2.05, 4.69) is 31.2 Å². The van der Waals surface area contributed by atoms with E-state index in [-0.39, 0.29) is 6.42 Å². The van der Waals surface area contributed by atoms with E-state index in [1.165, 1.54) is 0 Å². The average Bonchev–Trinajstić information content (AvgIpc) is 2.76. The molecule has 2 heterocycles. The summed E-state index contributed by atoms with van der Waals surface area (Å²) in [5.74, 6) is -0.404. The van der Waals surface area contributed by atoms with Crippen molar-refractivity contribution in [2.45, 2.75) is 6.42 Å². The summed E-state index contributed by atoms with van der Waals surface area (Å²) < 4.78 is 1.06. The molecule has 0 aliphatic carbocycles. The molecule has 0 bridgehead atoms. The standard InChI is InChI=1S/C11H10BrN3O2S/c12-9-2-1-8(18-9)7-5-14-11(15-6-7)13-4-3-10(16)17/h1-2,5-6H,3-4H2,(H,16,17)(H,13,14,15). The number of hydrogen-bond donors (Lipinski definition) is 2. The maximum absolute atomic E-state index is 10.3. The van der Waals surface area contributed by atoms with Gasteiger partial charge in [-0.3, -0.25) is 4.79 Å². The zero-order valence-electron chi connectivity index (χ0n) is 9.26. The second kappa shape index (κ2) is 5.92. The molecule has 0 amide bonds. The summed E-state index contributed by atoms with van der Waals surface area (Å²) >= 11 is 5.01. The average molecular weight is 328 g/mol. The minimum atomic E-state index is -0.845. The van der Waals surface area contributed by atoms with E-state index in [4.69, 9.17) is 5.11 Å². The summed E-state index contributed by atoms with van der Waals surface area (Å²) in [6, 6.07) is 3.96. The second-order valence-corrected chi connectivity index (χ2v) is 5.93. The maximum atomic E-state index is 10.3. The van der Waals surface area contributed by atoms with Crippen molar-refractivity contribution in [2.24, 2.45) is 0 Å². The fraction of sp³-hybridized carbons (Fsp3) is 0.182. The summed E-state index contributed by atoms with van der Waals surface area (Å²) in [7, 11) is 0. The van der Waals surface area contributed by atoms with Crippen LogP contribution in [0.15, 0.2) is 28.3 Å². The number of rotatable bonds is 5. The van der Waals surface area contributed by atoms with Crippen LogP contribution in [0.5, 0.6) is 0 Å². The van der Waals surface area contributed by atoms with Gasteiger partial charge in [0.05, 0.1) is 10.2 Å². The molecule has 2 aromatic heterocycles. The van der Waals surface area contributed by atoms with Crippen LogP contribution < -0.4 is 5.32 Å². The number of carbonyl (C=O) groups is 1. The van der Waals surface area contributed by atoms with Crippen molar-refractivity contribution < 1.29 is 9.90 Å². The number of hydrogen-bond acceptors (Lipinski definition) is 5. The van der Waals surface area contributed by atoms with Gasteiger partial charge in [-0.25, -0.2) is 9.97 Å². The Labute approximate surface area is 116 Å². The quantitative estimate of drug-likeness (QED) is 0.883. The molecule has 0 unspecified atom stereocenters. The first kappa shape index (κ1) is 13.0. The molecule has 0 saturated heterocycles. The van der Waals surface area contributed by atoms with E-state index in [0.29, 0.717) is 12.5 Å². The first-order chi connectivity index (χ1) is 8.65. The molecule has 0 aromatic carbocycles. The number of nitrogens with one attached hydrogen (secondary N) is 1. The Bertz CT molecular complexity index is 541. The molecular formula is C11H10BrN3O2S. The molecule has 0 atom stereocenters. The minimum Gasteiger partial charge on any atom is -0.481 e. The van der Waals surface area contributed by atoms with Crippen molar-refractivity contribution in [3.63, 3.8) is 0 Å². The van der Waals surface area contributed by atoms with Gasteiger partial charge >= 0.3 is 5.97 Å². The number of carboxylic acid groups (broad SMARTS) is 1. The molecule has 18 heavy (non-hydrogen) atoms. The Morgan fingerprint density at radius 1 is 1.39 bits per heavy atom. The third-order valence-corrected chi connectivity index (χ3v) is 3.80. The van der Waals surface area contributed by atoms with Crippen molar-refractivity contribution in [1.29, 1.82) is 0 Å². The van der Waals surface area contributed by atoms with E-state index in [0.717, 1.165) is 14.2 Å². The number of halogens is 1. The number of carboxylic acids is 1. The van der Waals surface area contributed by atoms with Gasteiger partial charge in [0.15, 0.2) is 0 Å². The zero-order valence-corrected chi connectivity index (χ0v) is 11.7. The fourth-order valence-corrected chi connectivity index (χ4v) is 2.66. The van der Waals surface area contributed by atoms with Crippen LogP contribution in [0.25, 0.3) is 10.4 Å². The predicted octanol–water partition coefficient (Wildman–Crippen LogP) is 2.85. The van der Waals surface area contributed by atoms with Crippen LogP contribution in [0.2, 0.25) is 0 Å². The summed E-state index contributed by atoms with van der Waals surface area (Å²) in [5, 5.41) is 11.4. The molecule has 0 aliphatic heterocycles. The molecule has 94 valence electrons. The number of anilines is 1. The van der Waals surface area contributed by atoms with E-state index in [9.17, 15) is 4.79 Å². The number of aromatic nitrogens is 2. The van der Waals surface area contributed by atoms with E-state index in [1.807, 2.05) is 12.1 Å². The Balaban J connectivity index is 1.99. The number of nitrogens with zero attached hydrogens (tertiary/aromatic N) is 2. The molecule has 5 nitrogen and oxygen atoms in total. The summed E-state index contributed by atoms with van der Waals surface area (Å²) in [5.41, 5.74) is 0.939. The zero-order chi connectivity index (χ0) is 13.0. The minimum absolute atomic E-state index is 0.0446. The first-order valence-corrected chi connectivity index (χ1v) is 6.79. The summed E-state index contributed by atoms with van der Waals surface area (Å²) in [4.78, 5) is 19.7. The van der Waals surface area contributed by atoms with Crippen LogP contribution in [0.1, 0.15) is 6.42 Å². The van der Waals surface area contributed by atoms with Gasteiger partial charge in [-0.05, 0) is 28.1 Å². The summed E-state index contributed by atoms with van der Waals surface area (Å²) in [6.07, 6.45) is 3.48. The molecular weight excluding hydrogens is 318 g/mol. The lowest BCUT2D eigenvalue weighted by Gasteiger charge is -2.03. The van der Waals surface area contributed by atoms with Gasteiger partial charge in [-0.2, -0.15) is 0 Å². The van der Waals surface area contributed by atoms with E-state index in [1.54, 1.807) is 23.7 Å². The van der Waals surface area contributed by atoms with Gasteiger partial charge in [-0.1, -0.05) is 0 Å². The predicted molar refractivity (Wildman–Crippen MR) is 73.8 cm³/mol. The van der Waals surface area contributed by atoms with Crippen LogP contribution in [0.4, 0.5) is 5.95 Å². The smallest absolute Gasteiger partial charge is 0.305 e. The molecule has 0 fully saturated rings. The van der Waals surface area contributed by atoms with Crippen LogP contribution in [-0.4, -0.2) is 27.6 Å². The monoisotopic (exact) mass is 327 g/mol. The topological polar surface area (TPSA) is 75.1 Å². The van der Waals surface area contributed by atoms with Gasteiger partial charge < -0.3 is 10.4 Å². The van der Waals surface area contributed by atoms with Gasteiger partial charge in [0, 0.05) is 29.4 Å². The number of aliphatic carboxylic acids is 1. The Hall–Kier alpha value is -1.47. The molecule has 0 saturated carbocycles. The molecule has 2 rings (SSSR count). The van der Waals surface area contributed by atoms with Crippen molar-refractivity contribution >= 4 is 39.2 Å². The van der Waals surface area contributed by atoms with Crippen molar-refractivity contribution in [3.8, 4) is 10.4 Å². The second-order valence-electron chi connectivity index (χ2n) is 3.47. The van der Waals surface area contributed by atoms with Crippen LogP contribution >= 0.6 is 27.3 Å². The Kier molecular flexibility index (Phi) is 4.27. The third-order valence-electron chi connectivity index (χ3n) is 2.13. The summed E-state index contributed by atoms with van der Waals surface area (Å²) in [6.45, 7) is 0.319. The lowest BCUT2D eigenvalue weighted by atomic mass is 10.3. The molecule has 2 aromatic rings. The highest BCUT2D eigenvalue weighted by molar-refractivity contribution is 9.11. The molecule has 0 spiro atoms. The fourth-order valence-electron chi connectivity index (χ4n) is 1.30. The lowest BCUT2D eigenvalue weighted by Crippen LogP contribution is -2.09. The van der Waals surface area contributed by atoms with Gasteiger partial charge in [0.1, 0.15) is 0 Å². The molecule has 2 N–H and O–H groups in total. The highest BCUT2D eigenvalue weighted by atomic mass is 79.9. The maximum Gasteiger partial charge on any atom is 0.305 e. The van der Waals surface area contributed by atoms with Gasteiger partial charge in [0.2, 0.25) is 5.95 Å². The van der Waals surface area contributed by atoms with Crippen LogP contribution in [0.3, 0.4) is 0 Å². The molecule has 0 aliphatic rings. The number of thiophene rings is 1. The lowest BCUT2D eigenvalue weighted by molar-refractivity contribution is -0.136. The first-order valence-electron chi connectivity index (χ1n) is 5.18. The van der Waals surface area contributed by atoms with E-state index >= 15 is 0 Å². The van der Waals surface area contributed by atoms with Crippen LogP contribution in [-0.2, 0) is 4.79 Å². The molecule has 0 radical (unpaired) electrons. The Morgan fingerprint density at radius 2 is 2.11 bits per heavy atom. The van der Waals surface area contributed by atoms with E-state index < -0.39 is 5.97 Å². The normalized spacial score (nSPS) is 10.3. The highest BCUT2D eigenvalue weighted by Gasteiger charge is 2.03. The largest absolute Gasteiger partial charge is 0.481 e.